The molecule has 0 fully saturated rings. The zero-order valence-corrected chi connectivity index (χ0v) is 47.4. The number of thiophene rings is 3. The predicted molar refractivity (Wildman–Crippen MR) is 351 cm³/mol. The van der Waals surface area contributed by atoms with Crippen LogP contribution in [0.2, 0.25) is 0 Å². The third kappa shape index (κ3) is 11.4. The first-order valence-electron chi connectivity index (χ1n) is 27.4. The van der Waals surface area contributed by atoms with Gasteiger partial charge in [0.25, 0.3) is 0 Å². The molecule has 394 valence electrons. The third-order valence-corrected chi connectivity index (χ3v) is 19.5. The number of aliphatic hydroxyl groups excluding tert-OH is 1. The molecule has 0 bridgehead atoms. The standard InChI is InChI=1S/C25H20OS.C25H18OS.C25H18S.Al.Li.4H/c2*26-23-20(17-10-4-1-5-11-17)16-21-22(18-12-6-2-7-13-18)24(27-25(21)23)19-14-8-3-9-15-19;1-4-10-18(11-5-1)21-16-22-23(17-21)26-25(20-14-8-3-9-15-20)24(22)19-12-6-2-7-13-19;;;;;;/h1-15,20,23,26H,16H2;1-15,20H,16H2;1-15,17H,16H2;;;;;;/q;;;;+1;;;;-1/p+1. The van der Waals surface area contributed by atoms with Gasteiger partial charge in [0.1, 0.15) is 0 Å². The molecule has 3 aromatic heterocycles. The normalized spacial score (nSPS) is 15.3. The Balaban J connectivity index is 0.000000148. The number of rotatable bonds is 9. The molecule has 0 spiro atoms. The minimum absolute atomic E-state index is 0. The molecule has 0 aliphatic heterocycles. The molecule has 82 heavy (non-hydrogen) atoms. The van der Waals surface area contributed by atoms with E-state index in [2.05, 4.69) is 237 Å². The molecule has 1 N–H and O–H groups in total. The largest absolute Gasteiger partial charge is 1.00 e. The molecule has 0 saturated heterocycles. The maximum atomic E-state index is 13.2. The topological polar surface area (TPSA) is 37.3 Å². The molecule has 0 saturated carbocycles. The fourth-order valence-electron chi connectivity index (χ4n) is 11.8. The van der Waals surface area contributed by atoms with Crippen LogP contribution in [0.3, 0.4) is 0 Å². The number of Topliss-reactive ketones (excluding diaryl/α,β-unsaturated/α-hetero) is 1. The van der Waals surface area contributed by atoms with Gasteiger partial charge in [0, 0.05) is 53.4 Å². The molecule has 2 nitrogen and oxygen atoms in total. The van der Waals surface area contributed by atoms with Gasteiger partial charge in [-0.25, -0.2) is 0 Å². The average molecular weight is 1120 g/mol. The molecule has 7 heteroatoms. The van der Waals surface area contributed by atoms with Gasteiger partial charge in [-0.1, -0.05) is 273 Å². The number of aliphatic hydroxyl groups is 1. The number of carbonyl (C=O) groups excluding carboxylic acids is 1. The monoisotopic (exact) mass is 1120 g/mol. The van der Waals surface area contributed by atoms with Gasteiger partial charge in [-0.2, -0.15) is 0 Å². The molecule has 3 unspecified atom stereocenters. The molecule has 15 rings (SSSR count). The Morgan fingerprint density at radius 2 is 0.732 bits per heavy atom. The molecule has 3 atom stereocenters. The summed E-state index contributed by atoms with van der Waals surface area (Å²) < 4.78 is 0. The molecule has 3 heterocycles. The van der Waals surface area contributed by atoms with Crippen LogP contribution < -0.4 is 18.9 Å². The number of hydrogen-bond acceptors (Lipinski definition) is 5. The minimum atomic E-state index is -0.438. The summed E-state index contributed by atoms with van der Waals surface area (Å²) in [5.74, 6) is 0.347. The van der Waals surface area contributed by atoms with Gasteiger partial charge in [-0.15, -0.1) is 34.0 Å². The fourth-order valence-corrected chi connectivity index (χ4v) is 15.9. The van der Waals surface area contributed by atoms with Crippen LogP contribution in [0.4, 0.5) is 0 Å². The Morgan fingerprint density at radius 1 is 0.378 bits per heavy atom. The summed E-state index contributed by atoms with van der Waals surface area (Å²) in [6.07, 6.45) is 4.62. The predicted octanol–water partition coefficient (Wildman–Crippen LogP) is 16.3. The second-order valence-corrected chi connectivity index (χ2v) is 23.6. The maximum absolute atomic E-state index is 13.2. The maximum Gasteiger partial charge on any atom is 1.00 e. The van der Waals surface area contributed by atoms with E-state index < -0.39 is 6.10 Å². The van der Waals surface area contributed by atoms with Crippen molar-refractivity contribution in [1.82, 2.24) is 0 Å². The Morgan fingerprint density at radius 3 is 1.18 bits per heavy atom. The molecule has 0 amide bonds. The first-order valence-corrected chi connectivity index (χ1v) is 29.9. The van der Waals surface area contributed by atoms with Crippen molar-refractivity contribution in [2.75, 3.05) is 0 Å². The summed E-state index contributed by atoms with van der Waals surface area (Å²) in [6.45, 7) is 0. The van der Waals surface area contributed by atoms with E-state index in [4.69, 9.17) is 0 Å². The SMILES string of the molecule is C1=C(c2ccccc2)Cc2c1sc(-c1ccccc1)c2-c1ccccc1.O=C1c2sc(-c3ccccc3)c(-c3ccccc3)c2CC1c1ccccc1.OC1c2sc(-c3ccccc3)c(-c3ccccc3)c2CC1c1ccccc1.[AlH3].[H+].[H-].[Li+]. The molecular weight excluding hydrogens is 1060 g/mol. The number of allylic oxidation sites excluding steroid dienone is 1. The van der Waals surface area contributed by atoms with Crippen LogP contribution in [0.1, 0.15) is 73.6 Å². The number of hydrogen-bond donors (Lipinski definition) is 1. The van der Waals surface area contributed by atoms with E-state index >= 15 is 0 Å². The number of benzene rings is 9. The van der Waals surface area contributed by atoms with E-state index in [0.29, 0.717) is 0 Å². The molecule has 3 aliphatic carbocycles. The van der Waals surface area contributed by atoms with Gasteiger partial charge in [0.2, 0.25) is 0 Å². The fraction of sp³-hybridized carbons (Fsp3) is 0.0800. The van der Waals surface area contributed by atoms with Crippen molar-refractivity contribution in [2.45, 2.75) is 37.2 Å². The van der Waals surface area contributed by atoms with E-state index in [1.165, 1.54) is 103 Å². The zero-order chi connectivity index (χ0) is 53.8. The van der Waals surface area contributed by atoms with Crippen molar-refractivity contribution in [3.8, 4) is 64.7 Å². The molecule has 3 aliphatic rings. The minimum Gasteiger partial charge on any atom is -1.00 e. The van der Waals surface area contributed by atoms with E-state index in [1.807, 2.05) is 53.8 Å². The van der Waals surface area contributed by atoms with Crippen molar-refractivity contribution >= 4 is 68.8 Å². The summed E-state index contributed by atoms with van der Waals surface area (Å²) in [7, 11) is 0. The smallest absolute Gasteiger partial charge is 1.00 e. The van der Waals surface area contributed by atoms with Crippen molar-refractivity contribution in [1.29, 1.82) is 0 Å². The summed E-state index contributed by atoms with van der Waals surface area (Å²) in [6, 6.07) is 94.9. The van der Waals surface area contributed by atoms with Gasteiger partial charge in [0.05, 0.1) is 16.9 Å². The number of carbonyl (C=O) groups is 1. The van der Waals surface area contributed by atoms with Gasteiger partial charge >= 0.3 is 20.3 Å². The van der Waals surface area contributed by atoms with Crippen LogP contribution in [0.25, 0.3) is 76.4 Å². The average Bonchev–Trinajstić information content (AvgIpc) is 4.59. The Kier molecular flexibility index (Phi) is 17.8. The van der Waals surface area contributed by atoms with E-state index in [0.717, 1.165) is 34.6 Å². The quantitative estimate of drug-likeness (QED) is 0.146. The molecule has 0 radical (unpaired) electrons. The second kappa shape index (κ2) is 25.8. The summed E-state index contributed by atoms with van der Waals surface area (Å²) in [5, 5.41) is 11.1. The van der Waals surface area contributed by atoms with Crippen LogP contribution in [0.15, 0.2) is 273 Å². The van der Waals surface area contributed by atoms with Crippen LogP contribution in [0.5, 0.6) is 0 Å². The second-order valence-electron chi connectivity index (χ2n) is 20.5. The first kappa shape index (κ1) is 56.4. The van der Waals surface area contributed by atoms with E-state index in [-0.39, 0.29) is 56.7 Å². The molecular formula is C75H61AlLiO2S3+. The van der Waals surface area contributed by atoms with Gasteiger partial charge < -0.3 is 6.53 Å². The van der Waals surface area contributed by atoms with Crippen molar-refractivity contribution < 1.29 is 31.6 Å². The molecule has 9 aromatic carbocycles. The zero-order valence-electron chi connectivity index (χ0n) is 47.0. The summed E-state index contributed by atoms with van der Waals surface area (Å²) >= 11 is 5.33. The van der Waals surface area contributed by atoms with Crippen molar-refractivity contribution in [2.24, 2.45) is 0 Å². The van der Waals surface area contributed by atoms with Crippen LogP contribution >= 0.6 is 34.0 Å². The van der Waals surface area contributed by atoms with Gasteiger partial charge in [-0.3, -0.25) is 4.79 Å². The van der Waals surface area contributed by atoms with Gasteiger partial charge in [0.15, 0.2) is 23.1 Å². The van der Waals surface area contributed by atoms with Crippen LogP contribution in [0, 0.1) is 0 Å². The van der Waals surface area contributed by atoms with Gasteiger partial charge in [-0.05, 0) is 91.3 Å². The number of ketones is 1. The molecule has 12 aromatic rings. The summed E-state index contributed by atoms with van der Waals surface area (Å²) in [4.78, 5) is 20.5. The van der Waals surface area contributed by atoms with Crippen molar-refractivity contribution in [3.05, 3.63) is 321 Å². The van der Waals surface area contributed by atoms with Crippen LogP contribution in [-0.4, -0.2) is 28.3 Å². The van der Waals surface area contributed by atoms with Crippen LogP contribution in [-0.2, 0) is 19.3 Å². The Labute approximate surface area is 519 Å². The third-order valence-electron chi connectivity index (χ3n) is 15.6. The Hall–Kier alpha value is -7.42. The van der Waals surface area contributed by atoms with E-state index in [9.17, 15) is 9.90 Å². The van der Waals surface area contributed by atoms with E-state index in [1.54, 1.807) is 22.7 Å². The van der Waals surface area contributed by atoms with Crippen molar-refractivity contribution in [3.63, 3.8) is 0 Å². The first-order chi connectivity index (χ1) is 39.6. The Bertz CT molecular complexity index is 4100. The number of fused-ring (bicyclic) bond motifs is 3. The summed E-state index contributed by atoms with van der Waals surface area (Å²) in [5.41, 5.74) is 20.4.